The molecule has 5 rings (SSSR count). The first-order valence-electron chi connectivity index (χ1n) is 13.9. The van der Waals surface area contributed by atoms with Gasteiger partial charge in [0.05, 0.1) is 17.6 Å². The van der Waals surface area contributed by atoms with E-state index in [1.807, 2.05) is 56.3 Å². The molecule has 0 heterocycles. The highest BCUT2D eigenvalue weighted by molar-refractivity contribution is 6.26. The van der Waals surface area contributed by atoms with Crippen LogP contribution in [0, 0.1) is 23.7 Å². The number of phenolic OH excluding ortho intramolecular Hbond substituents is 1. The lowest BCUT2D eigenvalue weighted by Crippen LogP contribution is -2.75. The number of rotatable bonds is 5. The summed E-state index contributed by atoms with van der Waals surface area (Å²) in [6, 6.07) is 8.52. The fourth-order valence-corrected chi connectivity index (χ4v) is 7.41. The maximum absolute atomic E-state index is 14.2. The largest absolute Gasteiger partial charge is 0.507 e. The van der Waals surface area contributed by atoms with Crippen molar-refractivity contribution in [3.63, 3.8) is 0 Å². The molecule has 218 valence electrons. The first kappa shape index (κ1) is 28.9. The molecular formula is C31H37N3O7. The first-order chi connectivity index (χ1) is 19.2. The van der Waals surface area contributed by atoms with E-state index in [9.17, 15) is 34.5 Å². The van der Waals surface area contributed by atoms with Gasteiger partial charge in [0.15, 0.2) is 23.0 Å². The zero-order valence-corrected chi connectivity index (χ0v) is 23.9. The van der Waals surface area contributed by atoms with Crippen molar-refractivity contribution in [3.8, 4) is 16.9 Å². The van der Waals surface area contributed by atoms with E-state index in [2.05, 4.69) is 0 Å². The minimum Gasteiger partial charge on any atom is -0.507 e. The van der Waals surface area contributed by atoms with Crippen LogP contribution in [-0.2, 0) is 27.2 Å². The number of hydrogen-bond acceptors (Lipinski definition) is 9. The maximum atomic E-state index is 14.2. The number of phenols is 1. The number of nitrogens with two attached hydrogens (primary N) is 1. The summed E-state index contributed by atoms with van der Waals surface area (Å²) in [5.74, 6) is -9.12. The van der Waals surface area contributed by atoms with Crippen LogP contribution in [0.5, 0.6) is 5.75 Å². The van der Waals surface area contributed by atoms with Crippen molar-refractivity contribution in [1.29, 1.82) is 0 Å². The number of likely N-dealkylation sites (N-methyl/N-ethyl adjacent to an activating group) is 1. The van der Waals surface area contributed by atoms with Crippen molar-refractivity contribution in [2.45, 2.75) is 43.9 Å². The Hall–Kier alpha value is -3.60. The third-order valence-corrected chi connectivity index (χ3v) is 9.42. The number of aryl methyl sites for hydroxylation is 1. The Kier molecular flexibility index (Phi) is 7.08. The predicted octanol–water partition coefficient (Wildman–Crippen LogP) is 0.954. The monoisotopic (exact) mass is 563 g/mol. The Labute approximate surface area is 238 Å². The van der Waals surface area contributed by atoms with E-state index in [-0.39, 0.29) is 24.2 Å². The van der Waals surface area contributed by atoms with Crippen LogP contribution in [0.3, 0.4) is 0 Å². The SMILES string of the molecule is CCc1ccc(-c2cc(N(C)C)c3c(c2O)C(=O)C2C(=O)[C@@]4(O)C(=O)C(C(N)=O)C(O)[C@H](N(C)C)[C@H]4C[C@H]2C3)cc1. The van der Waals surface area contributed by atoms with E-state index in [0.29, 0.717) is 22.4 Å². The Balaban J connectivity index is 1.67. The lowest BCUT2D eigenvalue weighted by molar-refractivity contribution is -0.190. The molecule has 2 saturated carbocycles. The Morgan fingerprint density at radius 2 is 1.71 bits per heavy atom. The van der Waals surface area contributed by atoms with Crippen LogP contribution in [0.2, 0.25) is 0 Å². The lowest BCUT2D eigenvalue weighted by atomic mass is 9.52. The minimum atomic E-state index is -2.68. The number of benzene rings is 2. The molecule has 0 bridgehead atoms. The van der Waals surface area contributed by atoms with E-state index in [4.69, 9.17) is 5.73 Å². The summed E-state index contributed by atoms with van der Waals surface area (Å²) in [5.41, 5.74) is 6.31. The van der Waals surface area contributed by atoms with Gasteiger partial charge >= 0.3 is 0 Å². The summed E-state index contributed by atoms with van der Waals surface area (Å²) in [7, 11) is 6.91. The summed E-state index contributed by atoms with van der Waals surface area (Å²) < 4.78 is 0. The Morgan fingerprint density at radius 1 is 1.07 bits per heavy atom. The number of aromatic hydroxyl groups is 1. The van der Waals surface area contributed by atoms with Gasteiger partial charge in [-0.05, 0) is 62.0 Å². The number of nitrogens with zero attached hydrogens (tertiary/aromatic N) is 2. The van der Waals surface area contributed by atoms with Gasteiger partial charge in [-0.3, -0.25) is 19.2 Å². The molecule has 2 aromatic rings. The number of aliphatic hydroxyl groups is 2. The molecule has 41 heavy (non-hydrogen) atoms. The molecule has 0 aliphatic heterocycles. The molecule has 7 atom stereocenters. The average molecular weight is 564 g/mol. The van der Waals surface area contributed by atoms with Crippen LogP contribution in [-0.4, -0.2) is 89.4 Å². The highest BCUT2D eigenvalue weighted by atomic mass is 16.3. The molecule has 5 N–H and O–H groups in total. The Morgan fingerprint density at radius 3 is 2.24 bits per heavy atom. The number of amides is 1. The summed E-state index contributed by atoms with van der Waals surface area (Å²) in [6.07, 6.45) is -0.375. The van der Waals surface area contributed by atoms with Crippen LogP contribution in [0.15, 0.2) is 30.3 Å². The van der Waals surface area contributed by atoms with E-state index >= 15 is 0 Å². The molecule has 0 radical (unpaired) electrons. The summed E-state index contributed by atoms with van der Waals surface area (Å²) >= 11 is 0. The van der Waals surface area contributed by atoms with Crippen molar-refractivity contribution >= 4 is 28.9 Å². The van der Waals surface area contributed by atoms with Crippen molar-refractivity contribution in [2.24, 2.45) is 29.4 Å². The fourth-order valence-electron chi connectivity index (χ4n) is 7.41. The number of anilines is 1. The zero-order valence-electron chi connectivity index (χ0n) is 23.9. The van der Waals surface area contributed by atoms with Crippen molar-refractivity contribution in [1.82, 2.24) is 4.90 Å². The maximum Gasteiger partial charge on any atom is 0.230 e. The molecular weight excluding hydrogens is 526 g/mol. The van der Waals surface area contributed by atoms with Crippen molar-refractivity contribution in [2.75, 3.05) is 33.1 Å². The molecule has 0 aromatic heterocycles. The molecule has 3 unspecified atom stereocenters. The topological polar surface area (TPSA) is 161 Å². The highest BCUT2D eigenvalue weighted by Gasteiger charge is 2.69. The summed E-state index contributed by atoms with van der Waals surface area (Å²) in [4.78, 5) is 57.5. The molecule has 3 aliphatic rings. The van der Waals surface area contributed by atoms with Crippen molar-refractivity contribution in [3.05, 3.63) is 47.0 Å². The first-order valence-corrected chi connectivity index (χ1v) is 13.9. The third-order valence-electron chi connectivity index (χ3n) is 9.42. The van der Waals surface area contributed by atoms with Gasteiger partial charge in [-0.25, -0.2) is 0 Å². The second-order valence-electron chi connectivity index (χ2n) is 12.1. The molecule has 3 aliphatic carbocycles. The molecule has 10 nitrogen and oxygen atoms in total. The second kappa shape index (κ2) is 10.0. The van der Waals surface area contributed by atoms with Gasteiger partial charge < -0.3 is 30.9 Å². The molecule has 1 amide bonds. The standard InChI is InChI=1S/C31H37N3O7/c1-6-14-7-9-15(10-8-14)17-13-20(33(2)3)18-11-16-12-19-24(34(4)5)27(37)23(30(32)40)29(39)31(19,41)28(38)21(16)26(36)22(18)25(17)35/h7-10,13,16,19,21,23-24,27,35,37,41H,6,11-12H2,1-5H3,(H2,32,40)/t16-,19-,21?,23?,24-,27?,31-/m1/s1. The van der Waals surface area contributed by atoms with Gasteiger partial charge in [-0.2, -0.15) is 0 Å². The Bertz CT molecular complexity index is 1450. The molecule has 2 aromatic carbocycles. The van der Waals surface area contributed by atoms with Gasteiger partial charge in [0, 0.05) is 37.3 Å². The molecule has 2 fully saturated rings. The second-order valence-corrected chi connectivity index (χ2v) is 12.1. The van der Waals surface area contributed by atoms with E-state index in [0.717, 1.165) is 12.0 Å². The molecule has 0 saturated heterocycles. The summed E-state index contributed by atoms with van der Waals surface area (Å²) in [5, 5.41) is 34.3. The number of hydrogen-bond donors (Lipinski definition) is 4. The van der Waals surface area contributed by atoms with Gasteiger partial charge in [-0.1, -0.05) is 31.2 Å². The zero-order chi connectivity index (χ0) is 30.1. The van der Waals surface area contributed by atoms with Crippen molar-refractivity contribution < 1.29 is 34.5 Å². The number of fused-ring (bicyclic) bond motifs is 3. The number of Topliss-reactive ketones (excluding diaryl/α,β-unsaturated/α-hetero) is 3. The number of aliphatic hydroxyl groups excluding tert-OH is 1. The molecule has 10 heteroatoms. The fraction of sp³-hybridized carbons (Fsp3) is 0.484. The van der Waals surface area contributed by atoms with Crippen LogP contribution in [0.1, 0.15) is 34.8 Å². The van der Waals surface area contributed by atoms with E-state index in [1.54, 1.807) is 19.0 Å². The van der Waals surface area contributed by atoms with Gasteiger partial charge in [-0.15, -0.1) is 0 Å². The minimum absolute atomic E-state index is 0.00122. The number of carbonyl (C=O) groups excluding carboxylic acids is 4. The van der Waals surface area contributed by atoms with Crippen LogP contribution < -0.4 is 10.6 Å². The van der Waals surface area contributed by atoms with Crippen LogP contribution in [0.25, 0.3) is 11.1 Å². The number of primary amides is 1. The van der Waals surface area contributed by atoms with E-state index in [1.165, 1.54) is 0 Å². The number of ketones is 3. The van der Waals surface area contributed by atoms with Crippen LogP contribution in [0.4, 0.5) is 5.69 Å². The predicted molar refractivity (Wildman–Crippen MR) is 151 cm³/mol. The van der Waals surface area contributed by atoms with Crippen LogP contribution >= 0.6 is 0 Å². The number of carbonyl (C=O) groups is 4. The van der Waals surface area contributed by atoms with E-state index < -0.39 is 64.7 Å². The molecule has 0 spiro atoms. The third kappa shape index (κ3) is 4.11. The highest BCUT2D eigenvalue weighted by Crippen LogP contribution is 2.53. The lowest BCUT2D eigenvalue weighted by Gasteiger charge is -2.55. The average Bonchev–Trinajstić information content (AvgIpc) is 2.90. The summed E-state index contributed by atoms with van der Waals surface area (Å²) in [6.45, 7) is 2.04. The normalized spacial score (nSPS) is 31.0. The smallest absolute Gasteiger partial charge is 0.230 e. The van der Waals surface area contributed by atoms with Gasteiger partial charge in [0.2, 0.25) is 5.91 Å². The van der Waals surface area contributed by atoms with Gasteiger partial charge in [0.25, 0.3) is 0 Å². The quantitative estimate of drug-likeness (QED) is 0.388. The van der Waals surface area contributed by atoms with Gasteiger partial charge in [0.1, 0.15) is 11.7 Å².